The maximum absolute atomic E-state index is 12.0. The van der Waals surface area contributed by atoms with Crippen molar-refractivity contribution >= 4 is 42.0 Å². The number of thiol groups is 1. The van der Waals surface area contributed by atoms with Crippen molar-refractivity contribution in [2.45, 2.75) is 39.4 Å². The molecular formula is C16H22ClN3O3S. The highest BCUT2D eigenvalue weighted by atomic mass is 35.5. The van der Waals surface area contributed by atoms with Crippen LogP contribution in [0, 0.1) is 0 Å². The lowest BCUT2D eigenvalue weighted by Gasteiger charge is -2.16. The van der Waals surface area contributed by atoms with Gasteiger partial charge < -0.3 is 16.0 Å². The lowest BCUT2D eigenvalue weighted by Crippen LogP contribution is -2.47. The molecule has 132 valence electrons. The molecule has 3 amide bonds. The Hall–Kier alpha value is -1.73. The average Bonchev–Trinajstić information content (AvgIpc) is 2.50. The van der Waals surface area contributed by atoms with E-state index in [4.69, 9.17) is 11.6 Å². The smallest absolute Gasteiger partial charge is 0.251 e. The fourth-order valence-corrected chi connectivity index (χ4v) is 2.43. The van der Waals surface area contributed by atoms with Crippen LogP contribution in [0.1, 0.15) is 36.7 Å². The van der Waals surface area contributed by atoms with Crippen molar-refractivity contribution in [1.29, 1.82) is 0 Å². The molecule has 24 heavy (non-hydrogen) atoms. The highest BCUT2D eigenvalue weighted by Gasteiger charge is 2.18. The first-order valence-corrected chi connectivity index (χ1v) is 8.50. The Morgan fingerprint density at radius 2 is 1.88 bits per heavy atom. The molecule has 3 N–H and O–H groups in total. The third-order valence-corrected chi connectivity index (χ3v) is 3.78. The van der Waals surface area contributed by atoms with Gasteiger partial charge >= 0.3 is 0 Å². The second-order valence-corrected chi connectivity index (χ2v) is 6.36. The van der Waals surface area contributed by atoms with E-state index in [1.165, 1.54) is 6.92 Å². The molecular weight excluding hydrogens is 350 g/mol. The molecule has 0 bridgehead atoms. The molecule has 6 nitrogen and oxygen atoms in total. The van der Waals surface area contributed by atoms with Crippen molar-refractivity contribution in [2.75, 3.05) is 5.75 Å². The summed E-state index contributed by atoms with van der Waals surface area (Å²) in [5.41, 5.74) is 1.13. The number of carbonyl (C=O) groups is 3. The molecule has 0 aliphatic carbocycles. The van der Waals surface area contributed by atoms with Gasteiger partial charge in [-0.05, 0) is 31.5 Å². The molecule has 0 saturated carbocycles. The van der Waals surface area contributed by atoms with Crippen molar-refractivity contribution in [3.05, 3.63) is 34.3 Å². The summed E-state index contributed by atoms with van der Waals surface area (Å²) in [5, 5.41) is 8.36. The van der Waals surface area contributed by atoms with E-state index in [0.717, 1.165) is 0 Å². The summed E-state index contributed by atoms with van der Waals surface area (Å²) < 4.78 is 0. The predicted octanol–water partition coefficient (Wildman–Crippen LogP) is 1.53. The largest absolute Gasteiger partial charge is 0.350 e. The van der Waals surface area contributed by atoms with E-state index in [0.29, 0.717) is 16.1 Å². The lowest BCUT2D eigenvalue weighted by molar-refractivity contribution is -0.127. The molecule has 0 saturated heterocycles. The number of carbonyl (C=O) groups excluding carboxylic acids is 3. The van der Waals surface area contributed by atoms with Gasteiger partial charge in [0.15, 0.2) is 0 Å². The first kappa shape index (κ1) is 20.3. The van der Waals surface area contributed by atoms with Gasteiger partial charge in [-0.15, -0.1) is 0 Å². The Morgan fingerprint density at radius 3 is 2.38 bits per heavy atom. The monoisotopic (exact) mass is 371 g/mol. The zero-order valence-electron chi connectivity index (χ0n) is 13.9. The number of hydrogen-bond donors (Lipinski definition) is 4. The molecule has 0 aliphatic rings. The van der Waals surface area contributed by atoms with E-state index in [2.05, 4.69) is 28.6 Å². The summed E-state index contributed by atoms with van der Waals surface area (Å²) in [5.74, 6) is -0.670. The van der Waals surface area contributed by atoms with Crippen molar-refractivity contribution < 1.29 is 14.4 Å². The predicted molar refractivity (Wildman–Crippen MR) is 97.4 cm³/mol. The Kier molecular flexibility index (Phi) is 8.07. The summed E-state index contributed by atoms with van der Waals surface area (Å²) in [4.78, 5) is 35.0. The Morgan fingerprint density at radius 1 is 1.21 bits per heavy atom. The number of benzene rings is 1. The standard InChI is InChI=1S/C16H22ClN3O3S/c1-9(2)19-15(22)11-4-5-12(13(17)6-11)7-18-16(23)14(8-24)20-10(3)21/h4-6,9,14,24H,7-8H2,1-3H3,(H,18,23)(H,19,22)(H,20,21). The number of hydrogen-bond acceptors (Lipinski definition) is 4. The fourth-order valence-electron chi connectivity index (χ4n) is 1.92. The molecule has 0 aromatic heterocycles. The summed E-state index contributed by atoms with van der Waals surface area (Å²) in [6.07, 6.45) is 0. The van der Waals surface area contributed by atoms with Crippen LogP contribution in [-0.4, -0.2) is 35.6 Å². The quantitative estimate of drug-likeness (QED) is 0.548. The van der Waals surface area contributed by atoms with E-state index in [9.17, 15) is 14.4 Å². The van der Waals surface area contributed by atoms with Gasteiger partial charge in [0.25, 0.3) is 5.91 Å². The van der Waals surface area contributed by atoms with Crippen LogP contribution >= 0.6 is 24.2 Å². The molecule has 1 aromatic rings. The molecule has 1 unspecified atom stereocenters. The van der Waals surface area contributed by atoms with Gasteiger partial charge in [0.2, 0.25) is 11.8 Å². The lowest BCUT2D eigenvalue weighted by atomic mass is 10.1. The fraction of sp³-hybridized carbons (Fsp3) is 0.438. The van der Waals surface area contributed by atoms with Crippen LogP contribution in [0.25, 0.3) is 0 Å². The van der Waals surface area contributed by atoms with Crippen molar-refractivity contribution in [2.24, 2.45) is 0 Å². The molecule has 0 fully saturated rings. The third kappa shape index (κ3) is 6.41. The molecule has 0 spiro atoms. The molecule has 0 radical (unpaired) electrons. The molecule has 0 aliphatic heterocycles. The Bertz CT molecular complexity index is 623. The molecule has 8 heteroatoms. The topological polar surface area (TPSA) is 87.3 Å². The van der Waals surface area contributed by atoms with Crippen LogP contribution in [0.15, 0.2) is 18.2 Å². The van der Waals surface area contributed by atoms with Gasteiger partial charge in [-0.1, -0.05) is 17.7 Å². The third-order valence-electron chi connectivity index (χ3n) is 3.06. The second kappa shape index (κ2) is 9.54. The zero-order chi connectivity index (χ0) is 18.3. The summed E-state index contributed by atoms with van der Waals surface area (Å²) in [7, 11) is 0. The molecule has 1 aromatic carbocycles. The van der Waals surface area contributed by atoms with Gasteiger partial charge in [0.05, 0.1) is 0 Å². The van der Waals surface area contributed by atoms with E-state index >= 15 is 0 Å². The Balaban J connectivity index is 2.70. The van der Waals surface area contributed by atoms with Crippen LogP contribution in [-0.2, 0) is 16.1 Å². The van der Waals surface area contributed by atoms with Crippen LogP contribution in [0.2, 0.25) is 5.02 Å². The minimum atomic E-state index is -0.708. The minimum Gasteiger partial charge on any atom is -0.350 e. The average molecular weight is 372 g/mol. The molecule has 1 rings (SSSR count). The van der Waals surface area contributed by atoms with Gasteiger partial charge in [-0.25, -0.2) is 0 Å². The first-order valence-electron chi connectivity index (χ1n) is 7.49. The number of rotatable bonds is 7. The maximum atomic E-state index is 12.0. The van der Waals surface area contributed by atoms with E-state index in [1.54, 1.807) is 18.2 Å². The van der Waals surface area contributed by atoms with Gasteiger partial charge in [-0.3, -0.25) is 14.4 Å². The molecule has 1 atom stereocenters. The highest BCUT2D eigenvalue weighted by molar-refractivity contribution is 7.80. The number of halogens is 1. The summed E-state index contributed by atoms with van der Waals surface area (Å²) in [6, 6.07) is 4.22. The Labute approximate surface area is 152 Å². The van der Waals surface area contributed by atoms with Gasteiger partial charge in [0, 0.05) is 35.8 Å². The minimum absolute atomic E-state index is 0.0298. The number of nitrogens with one attached hydrogen (secondary N) is 3. The molecule has 0 heterocycles. The van der Waals surface area contributed by atoms with Crippen LogP contribution in [0.4, 0.5) is 0 Å². The second-order valence-electron chi connectivity index (χ2n) is 5.59. The van der Waals surface area contributed by atoms with Crippen LogP contribution in [0.3, 0.4) is 0 Å². The van der Waals surface area contributed by atoms with E-state index in [-0.39, 0.29) is 36.1 Å². The SMILES string of the molecule is CC(=O)NC(CS)C(=O)NCc1ccc(C(=O)NC(C)C)cc1Cl. The highest BCUT2D eigenvalue weighted by Crippen LogP contribution is 2.18. The van der Waals surface area contributed by atoms with Gasteiger partial charge in [-0.2, -0.15) is 12.6 Å². The summed E-state index contributed by atoms with van der Waals surface area (Å²) in [6.45, 7) is 5.27. The van der Waals surface area contributed by atoms with E-state index in [1.807, 2.05) is 13.8 Å². The first-order chi connectivity index (χ1) is 11.2. The summed E-state index contributed by atoms with van der Waals surface area (Å²) >= 11 is 10.2. The van der Waals surface area contributed by atoms with E-state index < -0.39 is 6.04 Å². The zero-order valence-corrected chi connectivity index (χ0v) is 15.5. The van der Waals surface area contributed by atoms with Crippen LogP contribution < -0.4 is 16.0 Å². The van der Waals surface area contributed by atoms with Crippen molar-refractivity contribution in [3.63, 3.8) is 0 Å². The maximum Gasteiger partial charge on any atom is 0.251 e. The van der Waals surface area contributed by atoms with Crippen molar-refractivity contribution in [1.82, 2.24) is 16.0 Å². The normalized spacial score (nSPS) is 11.8. The van der Waals surface area contributed by atoms with Gasteiger partial charge in [0.1, 0.15) is 6.04 Å². The van der Waals surface area contributed by atoms with Crippen LogP contribution in [0.5, 0.6) is 0 Å². The van der Waals surface area contributed by atoms with Crippen molar-refractivity contribution in [3.8, 4) is 0 Å². The number of amides is 3.